The zero-order valence-electron chi connectivity index (χ0n) is 12.9. The Morgan fingerprint density at radius 3 is 2.23 bits per heavy atom. The molecular formula is C18H21N3O. The minimum absolute atomic E-state index is 0.215. The molecule has 0 aliphatic rings. The molecule has 0 aliphatic carbocycles. The molecule has 0 spiro atoms. The number of benzene rings is 2. The quantitative estimate of drug-likeness (QED) is 0.827. The Labute approximate surface area is 131 Å². The average molecular weight is 295 g/mol. The number of anilines is 3. The van der Waals surface area contributed by atoms with Crippen LogP contribution in [0.1, 0.15) is 13.8 Å². The number of hydrogen-bond acceptors (Lipinski definition) is 2. The van der Waals surface area contributed by atoms with Crippen molar-refractivity contribution in [1.29, 1.82) is 0 Å². The van der Waals surface area contributed by atoms with E-state index in [1.807, 2.05) is 48.5 Å². The fraction of sp³-hybridized carbons (Fsp3) is 0.167. The van der Waals surface area contributed by atoms with E-state index in [-0.39, 0.29) is 6.03 Å². The smallest absolute Gasteiger partial charge is 0.330 e. The van der Waals surface area contributed by atoms with Crippen molar-refractivity contribution < 1.29 is 4.79 Å². The number of nitrogens with two attached hydrogens (primary N) is 1. The van der Waals surface area contributed by atoms with Crippen LogP contribution in [0, 0.1) is 5.92 Å². The van der Waals surface area contributed by atoms with E-state index in [0.29, 0.717) is 11.6 Å². The molecule has 2 amide bonds. The van der Waals surface area contributed by atoms with Gasteiger partial charge in [-0.05, 0) is 42.3 Å². The maximum atomic E-state index is 12.5. The van der Waals surface area contributed by atoms with E-state index in [1.54, 1.807) is 23.2 Å². The molecule has 2 aromatic rings. The van der Waals surface area contributed by atoms with E-state index in [4.69, 9.17) is 5.73 Å². The number of rotatable bonds is 4. The third-order valence-corrected chi connectivity index (χ3v) is 3.06. The highest BCUT2D eigenvalue weighted by Gasteiger charge is 2.16. The molecule has 0 aromatic heterocycles. The molecule has 0 atom stereocenters. The number of nitrogen functional groups attached to an aromatic ring is 1. The number of carbonyl (C=O) groups is 1. The topological polar surface area (TPSA) is 58.4 Å². The second-order valence-corrected chi connectivity index (χ2v) is 5.32. The zero-order chi connectivity index (χ0) is 15.9. The fourth-order valence-corrected chi connectivity index (χ4v) is 1.96. The van der Waals surface area contributed by atoms with E-state index in [0.717, 1.165) is 11.4 Å². The molecule has 0 heterocycles. The first-order valence-electron chi connectivity index (χ1n) is 7.26. The molecule has 0 radical (unpaired) electrons. The molecule has 0 unspecified atom stereocenters. The van der Waals surface area contributed by atoms with Crippen molar-refractivity contribution in [2.75, 3.05) is 10.6 Å². The molecule has 2 aromatic carbocycles. The number of nitrogens with one attached hydrogen (secondary N) is 1. The van der Waals surface area contributed by atoms with E-state index in [9.17, 15) is 4.79 Å². The second-order valence-electron chi connectivity index (χ2n) is 5.32. The molecular weight excluding hydrogens is 274 g/mol. The first kappa shape index (κ1) is 15.6. The van der Waals surface area contributed by atoms with Gasteiger partial charge in [0, 0.05) is 11.9 Å². The largest absolute Gasteiger partial charge is 0.399 e. The van der Waals surface area contributed by atoms with Gasteiger partial charge in [0.25, 0.3) is 0 Å². The van der Waals surface area contributed by atoms with Crippen LogP contribution in [0.3, 0.4) is 0 Å². The van der Waals surface area contributed by atoms with Gasteiger partial charge in [0.05, 0.1) is 11.4 Å². The lowest BCUT2D eigenvalue weighted by atomic mass is 10.2. The molecule has 114 valence electrons. The van der Waals surface area contributed by atoms with Crippen LogP contribution in [-0.2, 0) is 0 Å². The number of urea groups is 1. The van der Waals surface area contributed by atoms with Gasteiger partial charge in [0.2, 0.25) is 0 Å². The van der Waals surface area contributed by atoms with Crippen LogP contribution >= 0.6 is 0 Å². The number of amides is 2. The van der Waals surface area contributed by atoms with Crippen molar-refractivity contribution >= 4 is 23.1 Å². The second kappa shape index (κ2) is 7.31. The van der Waals surface area contributed by atoms with E-state index < -0.39 is 0 Å². The lowest BCUT2D eigenvalue weighted by Gasteiger charge is -2.22. The summed E-state index contributed by atoms with van der Waals surface area (Å²) in [5, 5.41) is 2.80. The third-order valence-electron chi connectivity index (χ3n) is 3.06. The molecule has 0 saturated carbocycles. The molecule has 0 saturated heterocycles. The summed E-state index contributed by atoms with van der Waals surface area (Å²) in [6.45, 7) is 4.11. The minimum Gasteiger partial charge on any atom is -0.399 e. The van der Waals surface area contributed by atoms with Gasteiger partial charge >= 0.3 is 6.03 Å². The van der Waals surface area contributed by atoms with Gasteiger partial charge in [-0.3, -0.25) is 4.90 Å². The van der Waals surface area contributed by atoms with Crippen LogP contribution in [0.25, 0.3) is 0 Å². The highest BCUT2D eigenvalue weighted by Crippen LogP contribution is 2.26. The number of hydrogen-bond donors (Lipinski definition) is 2. The Morgan fingerprint density at radius 1 is 1.05 bits per heavy atom. The Hall–Kier alpha value is -2.75. The highest BCUT2D eigenvalue weighted by molar-refractivity contribution is 5.99. The first-order chi connectivity index (χ1) is 10.6. The van der Waals surface area contributed by atoms with Crippen molar-refractivity contribution in [3.05, 3.63) is 66.9 Å². The number of allylic oxidation sites excluding steroid dienone is 1. The molecule has 0 fully saturated rings. The van der Waals surface area contributed by atoms with Crippen molar-refractivity contribution in [1.82, 2.24) is 5.32 Å². The van der Waals surface area contributed by atoms with Crippen LogP contribution in [0.4, 0.5) is 21.9 Å². The lowest BCUT2D eigenvalue weighted by molar-refractivity contribution is 0.251. The van der Waals surface area contributed by atoms with E-state index in [2.05, 4.69) is 19.2 Å². The summed E-state index contributed by atoms with van der Waals surface area (Å²) in [7, 11) is 0. The van der Waals surface area contributed by atoms with Crippen LogP contribution in [0.5, 0.6) is 0 Å². The highest BCUT2D eigenvalue weighted by atomic mass is 16.2. The normalized spacial score (nSPS) is 10.9. The Balaban J connectivity index is 2.30. The third kappa shape index (κ3) is 4.12. The van der Waals surface area contributed by atoms with Crippen LogP contribution < -0.4 is 16.0 Å². The summed E-state index contributed by atoms with van der Waals surface area (Å²) in [6, 6.07) is 16.5. The summed E-state index contributed by atoms with van der Waals surface area (Å²) in [4.78, 5) is 14.2. The number of carbonyl (C=O) groups excluding carboxylic acids is 1. The standard InChI is InChI=1S/C18H21N3O/c1-14(2)12-13-20-18(22)21(16-6-4-3-5-7-16)17-10-8-15(19)9-11-17/h3-14H,19H2,1-2H3,(H,20,22)/b13-12+. The molecule has 0 bridgehead atoms. The SMILES string of the molecule is CC(C)/C=C/NC(=O)N(c1ccccc1)c1ccc(N)cc1. The predicted molar refractivity (Wildman–Crippen MR) is 91.9 cm³/mol. The van der Waals surface area contributed by atoms with Gasteiger partial charge < -0.3 is 11.1 Å². The van der Waals surface area contributed by atoms with Gasteiger partial charge in [0.15, 0.2) is 0 Å². The summed E-state index contributed by atoms with van der Waals surface area (Å²) >= 11 is 0. The lowest BCUT2D eigenvalue weighted by Crippen LogP contribution is -2.33. The van der Waals surface area contributed by atoms with Gasteiger partial charge in [0.1, 0.15) is 0 Å². The zero-order valence-corrected chi connectivity index (χ0v) is 12.9. The molecule has 2 rings (SSSR count). The van der Waals surface area contributed by atoms with Crippen molar-refractivity contribution in [3.8, 4) is 0 Å². The molecule has 3 N–H and O–H groups in total. The summed E-state index contributed by atoms with van der Waals surface area (Å²) < 4.78 is 0. The van der Waals surface area contributed by atoms with Gasteiger partial charge in [-0.25, -0.2) is 4.79 Å². The van der Waals surface area contributed by atoms with E-state index >= 15 is 0 Å². The average Bonchev–Trinajstić information content (AvgIpc) is 2.50. The van der Waals surface area contributed by atoms with Crippen LogP contribution in [0.15, 0.2) is 66.9 Å². The molecule has 22 heavy (non-hydrogen) atoms. The molecule has 4 nitrogen and oxygen atoms in total. The summed E-state index contributed by atoms with van der Waals surface area (Å²) in [5.74, 6) is 0.377. The van der Waals surface area contributed by atoms with Crippen molar-refractivity contribution in [2.24, 2.45) is 5.92 Å². The maximum absolute atomic E-state index is 12.5. The van der Waals surface area contributed by atoms with E-state index in [1.165, 1.54) is 0 Å². The molecule has 0 aliphatic heterocycles. The first-order valence-corrected chi connectivity index (χ1v) is 7.26. The summed E-state index contributed by atoms with van der Waals surface area (Å²) in [6.07, 6.45) is 3.62. The fourth-order valence-electron chi connectivity index (χ4n) is 1.96. The predicted octanol–water partition coefficient (Wildman–Crippen LogP) is 4.29. The minimum atomic E-state index is -0.215. The maximum Gasteiger partial charge on any atom is 0.330 e. The molecule has 4 heteroatoms. The summed E-state index contributed by atoms with van der Waals surface area (Å²) in [5.41, 5.74) is 7.94. The number of nitrogens with zero attached hydrogens (tertiary/aromatic N) is 1. The Morgan fingerprint density at radius 2 is 1.64 bits per heavy atom. The number of para-hydroxylation sites is 1. The van der Waals surface area contributed by atoms with Crippen LogP contribution in [0.2, 0.25) is 0 Å². The van der Waals surface area contributed by atoms with Gasteiger partial charge in [-0.1, -0.05) is 38.1 Å². The monoisotopic (exact) mass is 295 g/mol. The van der Waals surface area contributed by atoms with Crippen molar-refractivity contribution in [2.45, 2.75) is 13.8 Å². The Bertz CT molecular complexity index is 633. The van der Waals surface area contributed by atoms with Gasteiger partial charge in [-0.2, -0.15) is 0 Å². The van der Waals surface area contributed by atoms with Gasteiger partial charge in [-0.15, -0.1) is 0 Å². The van der Waals surface area contributed by atoms with Crippen LogP contribution in [-0.4, -0.2) is 6.03 Å². The van der Waals surface area contributed by atoms with Crippen molar-refractivity contribution in [3.63, 3.8) is 0 Å². The Kier molecular flexibility index (Phi) is 5.20.